The van der Waals surface area contributed by atoms with Crippen molar-refractivity contribution in [1.82, 2.24) is 20.1 Å². The first-order chi connectivity index (χ1) is 14.1. The molecule has 6 heteroatoms. The van der Waals surface area contributed by atoms with Crippen LogP contribution in [0.2, 0.25) is 0 Å². The Labute approximate surface area is 170 Å². The molecule has 2 aliphatic rings. The van der Waals surface area contributed by atoms with E-state index in [0.717, 1.165) is 46.5 Å². The van der Waals surface area contributed by atoms with Gasteiger partial charge in [-0.15, -0.1) is 0 Å². The Morgan fingerprint density at radius 3 is 2.83 bits per heavy atom. The Balaban J connectivity index is 1.48. The fourth-order valence-electron chi connectivity index (χ4n) is 4.96. The summed E-state index contributed by atoms with van der Waals surface area (Å²) >= 11 is 0. The van der Waals surface area contributed by atoms with Gasteiger partial charge in [-0.2, -0.15) is 5.10 Å². The minimum atomic E-state index is 0.0204. The van der Waals surface area contributed by atoms with Crippen LogP contribution >= 0.6 is 0 Å². The molecule has 1 unspecified atom stereocenters. The fourth-order valence-corrected chi connectivity index (χ4v) is 4.96. The number of nitrogens with one attached hydrogen (secondary N) is 2. The second-order valence-electron chi connectivity index (χ2n) is 8.47. The number of amides is 2. The summed E-state index contributed by atoms with van der Waals surface area (Å²) in [4.78, 5) is 19.3. The van der Waals surface area contributed by atoms with Gasteiger partial charge in [-0.05, 0) is 68.9 Å². The van der Waals surface area contributed by atoms with Crippen LogP contribution in [0.4, 0.5) is 10.5 Å². The number of aromatic nitrogens is 3. The van der Waals surface area contributed by atoms with Gasteiger partial charge in [0.1, 0.15) is 5.69 Å². The van der Waals surface area contributed by atoms with Crippen molar-refractivity contribution in [2.75, 3.05) is 11.9 Å². The van der Waals surface area contributed by atoms with Crippen LogP contribution in [0.15, 0.2) is 30.5 Å². The Morgan fingerprint density at radius 1 is 1.21 bits per heavy atom. The van der Waals surface area contributed by atoms with Crippen molar-refractivity contribution in [2.45, 2.75) is 52.0 Å². The van der Waals surface area contributed by atoms with Crippen molar-refractivity contribution in [2.24, 2.45) is 5.92 Å². The van der Waals surface area contributed by atoms with Gasteiger partial charge in [-0.1, -0.05) is 12.8 Å². The highest BCUT2D eigenvalue weighted by molar-refractivity contribution is 5.99. The lowest BCUT2D eigenvalue weighted by molar-refractivity contribution is 0.169. The smallest absolute Gasteiger partial charge is 0.321 e. The van der Waals surface area contributed by atoms with Gasteiger partial charge in [0.2, 0.25) is 0 Å². The topological polar surface area (TPSA) is 73.9 Å². The fraction of sp³-hybridized carbons (Fsp3) is 0.435. The van der Waals surface area contributed by atoms with Crippen molar-refractivity contribution in [1.29, 1.82) is 0 Å². The van der Waals surface area contributed by atoms with Gasteiger partial charge in [-0.25, -0.2) is 4.79 Å². The molecule has 2 amide bonds. The maximum atomic E-state index is 13.0. The SMILES string of the molecule is Cc1cc(-c2n[nH]c3cc4c(cc23)CCN(C(C)C2CCCC2)C(=O)N4)ccn1. The molecule has 0 radical (unpaired) electrons. The normalized spacial score (nSPS) is 18.6. The maximum Gasteiger partial charge on any atom is 0.322 e. The van der Waals surface area contributed by atoms with E-state index in [0.29, 0.717) is 5.92 Å². The number of rotatable bonds is 3. The molecule has 5 rings (SSSR count). The standard InChI is InChI=1S/C23H27N5O/c1-14-11-18(7-9-24-14)22-19-12-17-8-10-28(15(2)16-5-3-4-6-16)23(29)25-20(17)13-21(19)26-27-22/h7,9,11-13,15-16H,3-6,8,10H2,1-2H3,(H,25,29)(H,26,27). The Kier molecular flexibility index (Phi) is 4.49. The predicted octanol–water partition coefficient (Wildman–Crippen LogP) is 4.90. The Morgan fingerprint density at radius 2 is 2.03 bits per heavy atom. The number of anilines is 1. The van der Waals surface area contributed by atoms with Crippen LogP contribution < -0.4 is 5.32 Å². The predicted molar refractivity (Wildman–Crippen MR) is 115 cm³/mol. The Hall–Kier alpha value is -2.89. The quantitative estimate of drug-likeness (QED) is 0.669. The van der Waals surface area contributed by atoms with Gasteiger partial charge in [0.05, 0.1) is 5.52 Å². The maximum absolute atomic E-state index is 13.0. The van der Waals surface area contributed by atoms with Gasteiger partial charge >= 0.3 is 6.03 Å². The number of nitrogens with zero attached hydrogens (tertiary/aromatic N) is 3. The second-order valence-corrected chi connectivity index (χ2v) is 8.47. The summed E-state index contributed by atoms with van der Waals surface area (Å²) in [6.07, 6.45) is 7.72. The zero-order valence-corrected chi connectivity index (χ0v) is 17.0. The van der Waals surface area contributed by atoms with Crippen molar-refractivity contribution >= 4 is 22.6 Å². The van der Waals surface area contributed by atoms with E-state index in [1.54, 1.807) is 0 Å². The number of urea groups is 1. The average molecular weight is 390 g/mol. The molecular weight excluding hydrogens is 362 g/mol. The molecule has 150 valence electrons. The molecule has 3 aromatic rings. The van der Waals surface area contributed by atoms with E-state index in [4.69, 9.17) is 0 Å². The number of H-pyrrole nitrogens is 1. The first-order valence-corrected chi connectivity index (χ1v) is 10.6. The van der Waals surface area contributed by atoms with Crippen LogP contribution in [-0.2, 0) is 6.42 Å². The molecule has 6 nitrogen and oxygen atoms in total. The van der Waals surface area contributed by atoms with Crippen molar-refractivity contribution in [3.05, 3.63) is 41.7 Å². The first kappa shape index (κ1) is 18.2. The van der Waals surface area contributed by atoms with Crippen LogP contribution in [-0.4, -0.2) is 38.7 Å². The second kappa shape index (κ2) is 7.17. The third-order valence-corrected chi connectivity index (χ3v) is 6.65. The summed E-state index contributed by atoms with van der Waals surface area (Å²) in [5.74, 6) is 0.627. The van der Waals surface area contributed by atoms with Crippen LogP contribution in [0.1, 0.15) is 43.9 Å². The van der Waals surface area contributed by atoms with Gasteiger partial charge in [0, 0.05) is 41.1 Å². The molecule has 1 fully saturated rings. The van der Waals surface area contributed by atoms with Crippen LogP contribution in [0, 0.1) is 12.8 Å². The average Bonchev–Trinajstić information content (AvgIpc) is 3.34. The van der Waals surface area contributed by atoms with E-state index < -0.39 is 0 Å². The monoisotopic (exact) mass is 389 g/mol. The van der Waals surface area contributed by atoms with E-state index in [1.165, 1.54) is 31.2 Å². The van der Waals surface area contributed by atoms with Crippen LogP contribution in [0.25, 0.3) is 22.2 Å². The lowest BCUT2D eigenvalue weighted by Gasteiger charge is -2.31. The zero-order valence-electron chi connectivity index (χ0n) is 17.0. The summed E-state index contributed by atoms with van der Waals surface area (Å²) < 4.78 is 0. The molecule has 1 aliphatic carbocycles. The molecule has 0 spiro atoms. The molecular formula is C23H27N5O. The van der Waals surface area contributed by atoms with E-state index in [2.05, 4.69) is 33.5 Å². The number of hydrogen-bond donors (Lipinski definition) is 2. The number of aryl methyl sites for hydroxylation is 1. The third-order valence-electron chi connectivity index (χ3n) is 6.65. The number of carbonyl (C=O) groups is 1. The summed E-state index contributed by atoms with van der Waals surface area (Å²) in [6, 6.07) is 8.55. The molecule has 1 aliphatic heterocycles. The minimum Gasteiger partial charge on any atom is -0.321 e. The molecule has 1 atom stereocenters. The number of fused-ring (bicyclic) bond motifs is 2. The highest BCUT2D eigenvalue weighted by Crippen LogP contribution is 2.34. The molecule has 1 saturated carbocycles. The van der Waals surface area contributed by atoms with E-state index >= 15 is 0 Å². The molecule has 29 heavy (non-hydrogen) atoms. The molecule has 0 bridgehead atoms. The highest BCUT2D eigenvalue weighted by Gasteiger charge is 2.31. The third kappa shape index (κ3) is 3.26. The molecule has 2 N–H and O–H groups in total. The number of benzene rings is 1. The molecule has 2 aromatic heterocycles. The van der Waals surface area contributed by atoms with Gasteiger partial charge < -0.3 is 10.2 Å². The number of aromatic amines is 1. The molecule has 3 heterocycles. The summed E-state index contributed by atoms with van der Waals surface area (Å²) in [5.41, 5.74) is 5.95. The van der Waals surface area contributed by atoms with Crippen molar-refractivity contribution < 1.29 is 4.79 Å². The van der Waals surface area contributed by atoms with E-state index in [1.807, 2.05) is 36.2 Å². The Bertz CT molecular complexity index is 1070. The highest BCUT2D eigenvalue weighted by atomic mass is 16.2. The van der Waals surface area contributed by atoms with Crippen molar-refractivity contribution in [3.63, 3.8) is 0 Å². The van der Waals surface area contributed by atoms with Gasteiger partial charge in [0.15, 0.2) is 0 Å². The number of carbonyl (C=O) groups excluding carboxylic acids is 1. The lowest BCUT2D eigenvalue weighted by Crippen LogP contribution is -2.44. The van der Waals surface area contributed by atoms with Gasteiger partial charge in [0.25, 0.3) is 0 Å². The molecule has 0 saturated heterocycles. The molecule has 1 aromatic carbocycles. The van der Waals surface area contributed by atoms with Crippen molar-refractivity contribution in [3.8, 4) is 11.3 Å². The van der Waals surface area contributed by atoms with Crippen LogP contribution in [0.3, 0.4) is 0 Å². The van der Waals surface area contributed by atoms with Crippen LogP contribution in [0.5, 0.6) is 0 Å². The summed E-state index contributed by atoms with van der Waals surface area (Å²) in [5, 5.41) is 11.9. The van der Waals surface area contributed by atoms with Gasteiger partial charge in [-0.3, -0.25) is 10.1 Å². The minimum absolute atomic E-state index is 0.0204. The number of pyridine rings is 1. The lowest BCUT2D eigenvalue weighted by atomic mass is 9.98. The first-order valence-electron chi connectivity index (χ1n) is 10.6. The summed E-state index contributed by atoms with van der Waals surface area (Å²) in [7, 11) is 0. The number of hydrogen-bond acceptors (Lipinski definition) is 3. The van der Waals surface area contributed by atoms with E-state index in [-0.39, 0.29) is 12.1 Å². The zero-order chi connectivity index (χ0) is 20.0. The largest absolute Gasteiger partial charge is 0.322 e. The van der Waals surface area contributed by atoms with E-state index in [9.17, 15) is 4.79 Å². The summed E-state index contributed by atoms with van der Waals surface area (Å²) in [6.45, 7) is 4.95.